The van der Waals surface area contributed by atoms with Crippen molar-refractivity contribution in [2.75, 3.05) is 39.6 Å². The van der Waals surface area contributed by atoms with Crippen molar-refractivity contribution in [1.82, 2.24) is 0 Å². The normalized spacial score (nSPS) is 14.1. The highest BCUT2D eigenvalue weighted by Gasteiger charge is 2.30. The van der Waals surface area contributed by atoms with Gasteiger partial charge in [-0.2, -0.15) is 0 Å². The van der Waals surface area contributed by atoms with Crippen molar-refractivity contribution in [2.24, 2.45) is 11.8 Å². The van der Waals surface area contributed by atoms with Crippen LogP contribution in [0.15, 0.2) is 24.3 Å². The van der Waals surface area contributed by atoms with E-state index in [2.05, 4.69) is 65.8 Å². The molecule has 0 aromatic carbocycles. The van der Waals surface area contributed by atoms with Crippen molar-refractivity contribution >= 4 is 39.5 Å². The Balaban J connectivity index is 5.27. The summed E-state index contributed by atoms with van der Waals surface area (Å²) >= 11 is 0. The maximum atomic E-state index is 13.1. The summed E-state index contributed by atoms with van der Waals surface area (Å²) in [5.41, 5.74) is 0. The Morgan fingerprint density at radius 1 is 0.316 bits per heavy atom. The number of hydrogen-bond donors (Lipinski definition) is 3. The Hall–Kier alpha value is -2.46. The Kier molecular flexibility index (Phi) is 68.5. The van der Waals surface area contributed by atoms with Crippen LogP contribution in [0.3, 0.4) is 0 Å². The molecule has 0 bridgehead atoms. The first-order valence-electron chi connectivity index (χ1n) is 40.3. The SMILES string of the molecule is CCCCCC/C=C\C=C/CCCCCCCC(=O)OC[C@H](COP(=O)(O)OC[C@@H](O)COP(=O)(O)OC[C@@H](COC(=O)CCCCCCCCCC(C)C)OC(=O)CCCCCCCCCCCCCCCC)OC(=O)CCCCCCCCCCCCCCCCCCC(C)C. The molecular formula is C79H150O17P2. The molecule has 0 heterocycles. The molecule has 0 aliphatic carbocycles. The van der Waals surface area contributed by atoms with Crippen molar-refractivity contribution < 1.29 is 80.2 Å². The molecule has 2 unspecified atom stereocenters. The van der Waals surface area contributed by atoms with Crippen LogP contribution in [0.2, 0.25) is 0 Å². The van der Waals surface area contributed by atoms with Crippen molar-refractivity contribution in [3.05, 3.63) is 24.3 Å². The molecule has 0 saturated heterocycles. The fraction of sp³-hybridized carbons (Fsp3) is 0.899. The lowest BCUT2D eigenvalue weighted by Gasteiger charge is -2.21. The predicted molar refractivity (Wildman–Crippen MR) is 400 cm³/mol. The Morgan fingerprint density at radius 2 is 0.551 bits per heavy atom. The van der Waals surface area contributed by atoms with Gasteiger partial charge in [-0.05, 0) is 63.2 Å². The monoisotopic (exact) mass is 1430 g/mol. The average Bonchev–Trinajstić information content (AvgIpc) is 1.54. The number of unbranched alkanes of at least 4 members (excludes halogenated alkanes) is 43. The Labute approximate surface area is 599 Å². The maximum absolute atomic E-state index is 13.1. The summed E-state index contributed by atoms with van der Waals surface area (Å²) in [5.74, 6) is -0.631. The van der Waals surface area contributed by atoms with E-state index < -0.39 is 97.5 Å². The van der Waals surface area contributed by atoms with Crippen LogP contribution in [0.4, 0.5) is 0 Å². The summed E-state index contributed by atoms with van der Waals surface area (Å²) in [4.78, 5) is 72.9. The van der Waals surface area contributed by atoms with Crippen molar-refractivity contribution in [3.8, 4) is 0 Å². The smallest absolute Gasteiger partial charge is 0.462 e. The molecule has 17 nitrogen and oxygen atoms in total. The molecule has 0 amide bonds. The van der Waals surface area contributed by atoms with E-state index in [0.717, 1.165) is 121 Å². The van der Waals surface area contributed by atoms with Gasteiger partial charge in [0.25, 0.3) is 0 Å². The van der Waals surface area contributed by atoms with Crippen LogP contribution in [0, 0.1) is 11.8 Å². The number of phosphoric acid groups is 2. The van der Waals surface area contributed by atoms with Crippen LogP contribution in [0.25, 0.3) is 0 Å². The molecule has 0 rings (SSSR count). The quantitative estimate of drug-likeness (QED) is 0.0169. The largest absolute Gasteiger partial charge is 0.472 e. The first kappa shape index (κ1) is 95.5. The minimum Gasteiger partial charge on any atom is -0.462 e. The molecule has 5 atom stereocenters. The number of carbonyl (C=O) groups excluding carboxylic acids is 4. The van der Waals surface area contributed by atoms with Gasteiger partial charge in [-0.25, -0.2) is 9.13 Å². The number of rotatable bonds is 76. The molecule has 0 spiro atoms. The van der Waals surface area contributed by atoms with Crippen LogP contribution in [0.5, 0.6) is 0 Å². The van der Waals surface area contributed by atoms with Crippen molar-refractivity contribution in [1.29, 1.82) is 0 Å². The van der Waals surface area contributed by atoms with Gasteiger partial charge in [-0.15, -0.1) is 0 Å². The van der Waals surface area contributed by atoms with E-state index in [0.29, 0.717) is 31.6 Å². The second-order valence-corrected chi connectivity index (χ2v) is 31.6. The third-order valence-corrected chi connectivity index (χ3v) is 19.7. The van der Waals surface area contributed by atoms with Crippen LogP contribution in [-0.4, -0.2) is 96.7 Å². The van der Waals surface area contributed by atoms with Crippen molar-refractivity contribution in [3.63, 3.8) is 0 Å². The summed E-state index contributed by atoms with van der Waals surface area (Å²) in [7, 11) is -9.93. The van der Waals surface area contributed by atoms with Gasteiger partial charge in [-0.3, -0.25) is 37.3 Å². The number of aliphatic hydroxyl groups excluding tert-OH is 1. The summed E-state index contributed by atoms with van der Waals surface area (Å²) < 4.78 is 68.6. The minimum atomic E-state index is -4.97. The van der Waals surface area contributed by atoms with Gasteiger partial charge in [0.2, 0.25) is 0 Å². The molecule has 0 aromatic rings. The van der Waals surface area contributed by atoms with E-state index in [4.69, 9.17) is 37.0 Å². The lowest BCUT2D eigenvalue weighted by atomic mass is 10.0. The molecule has 0 radical (unpaired) electrons. The third kappa shape index (κ3) is 71.9. The molecule has 0 saturated carbocycles. The highest BCUT2D eigenvalue weighted by atomic mass is 31.2. The number of aliphatic hydroxyl groups is 1. The Morgan fingerprint density at radius 3 is 0.837 bits per heavy atom. The molecule has 578 valence electrons. The second kappa shape index (κ2) is 70.2. The van der Waals surface area contributed by atoms with E-state index in [1.807, 2.05) is 0 Å². The van der Waals surface area contributed by atoms with Gasteiger partial charge in [0.05, 0.1) is 26.4 Å². The number of ether oxygens (including phenoxy) is 4. The lowest BCUT2D eigenvalue weighted by molar-refractivity contribution is -0.161. The summed E-state index contributed by atoms with van der Waals surface area (Å²) in [6.07, 6.45) is 61.9. The zero-order valence-corrected chi connectivity index (χ0v) is 65.4. The van der Waals surface area contributed by atoms with E-state index >= 15 is 0 Å². The topological polar surface area (TPSA) is 237 Å². The average molecular weight is 1430 g/mol. The van der Waals surface area contributed by atoms with Gasteiger partial charge in [0.1, 0.15) is 19.3 Å². The van der Waals surface area contributed by atoms with Gasteiger partial charge >= 0.3 is 39.5 Å². The third-order valence-electron chi connectivity index (χ3n) is 17.8. The zero-order chi connectivity index (χ0) is 72.1. The van der Waals surface area contributed by atoms with Crippen LogP contribution in [-0.2, 0) is 65.4 Å². The highest BCUT2D eigenvalue weighted by molar-refractivity contribution is 7.47. The first-order chi connectivity index (χ1) is 47.4. The molecule has 0 aliphatic rings. The zero-order valence-electron chi connectivity index (χ0n) is 63.6. The van der Waals surface area contributed by atoms with E-state index in [9.17, 15) is 43.2 Å². The van der Waals surface area contributed by atoms with E-state index in [-0.39, 0.29) is 25.7 Å². The molecule has 19 heteroatoms. The highest BCUT2D eigenvalue weighted by Crippen LogP contribution is 2.45. The number of allylic oxidation sites excluding steroid dienone is 4. The molecule has 0 fully saturated rings. The van der Waals surface area contributed by atoms with Gasteiger partial charge in [0.15, 0.2) is 12.2 Å². The predicted octanol–water partition coefficient (Wildman–Crippen LogP) is 23.1. The molecule has 0 aliphatic heterocycles. The first-order valence-corrected chi connectivity index (χ1v) is 43.3. The Bertz CT molecular complexity index is 1980. The standard InChI is InChI=1S/C79H150O17P2/c1-7-9-11-13-15-17-19-21-25-30-33-37-43-49-55-61-76(81)89-67-74(95-78(83)64-58-52-45-39-35-31-27-24-23-26-28-32-36-41-47-53-59-71(3)4)69-93-97(85,86)91-65-73(80)66-92-98(87,88)94-70-75(68-90-77(82)62-56-50-46-40-42-48-54-60-72(5)6)96-79(84)63-57-51-44-38-34-29-22-20-18-16-14-12-10-8-2/h17,19,21,25,71-75,80H,7-16,18,20,22-24,26-70H2,1-6H3,(H,85,86)(H,87,88)/b19-17-,25-21-/t73-,74-,75-/m1/s1. The van der Waals surface area contributed by atoms with Crippen molar-refractivity contribution in [2.45, 2.75) is 407 Å². The van der Waals surface area contributed by atoms with E-state index in [1.165, 1.54) is 180 Å². The second-order valence-electron chi connectivity index (χ2n) is 28.7. The van der Waals surface area contributed by atoms with Gasteiger partial charge in [-0.1, -0.05) is 336 Å². The molecule has 98 heavy (non-hydrogen) atoms. The summed E-state index contributed by atoms with van der Waals surface area (Å²) in [6.45, 7) is 9.53. The molecular weight excluding hydrogens is 1280 g/mol. The number of carbonyl (C=O) groups is 4. The van der Waals surface area contributed by atoms with E-state index in [1.54, 1.807) is 0 Å². The number of phosphoric ester groups is 2. The summed E-state index contributed by atoms with van der Waals surface area (Å²) in [6, 6.07) is 0. The fourth-order valence-corrected chi connectivity index (χ4v) is 13.2. The molecule has 3 N–H and O–H groups in total. The minimum absolute atomic E-state index is 0.101. The number of hydrogen-bond acceptors (Lipinski definition) is 15. The van der Waals surface area contributed by atoms with Gasteiger partial charge < -0.3 is 33.8 Å². The van der Waals surface area contributed by atoms with Crippen LogP contribution < -0.4 is 0 Å². The van der Waals surface area contributed by atoms with Crippen LogP contribution >= 0.6 is 15.6 Å². The van der Waals surface area contributed by atoms with Gasteiger partial charge in [0, 0.05) is 25.7 Å². The fourth-order valence-electron chi connectivity index (χ4n) is 11.6. The molecule has 0 aromatic heterocycles. The maximum Gasteiger partial charge on any atom is 0.472 e. The van der Waals surface area contributed by atoms with Crippen LogP contribution in [0.1, 0.15) is 388 Å². The number of esters is 4. The lowest BCUT2D eigenvalue weighted by Crippen LogP contribution is -2.30. The summed E-state index contributed by atoms with van der Waals surface area (Å²) in [5, 5.41) is 10.6.